The first-order valence-corrected chi connectivity index (χ1v) is 11.1. The normalized spacial score (nSPS) is 20.1. The summed E-state index contributed by atoms with van der Waals surface area (Å²) in [4.78, 5) is 9.25. The molecule has 6 heteroatoms. The van der Waals surface area contributed by atoms with Gasteiger partial charge in [-0.05, 0) is 37.0 Å². The highest BCUT2D eigenvalue weighted by atomic mass is 35.5. The van der Waals surface area contributed by atoms with Gasteiger partial charge < -0.3 is 9.84 Å². The Morgan fingerprint density at radius 1 is 1.19 bits per heavy atom. The third kappa shape index (κ3) is 3.90. The zero-order valence-corrected chi connectivity index (χ0v) is 18.4. The molecule has 0 amide bonds. The van der Waals surface area contributed by atoms with E-state index in [9.17, 15) is 5.11 Å². The molecular formula is C26H24ClN3O2. The van der Waals surface area contributed by atoms with E-state index in [1.165, 1.54) is 0 Å². The fourth-order valence-electron chi connectivity index (χ4n) is 4.46. The molecule has 1 N–H and O–H groups in total. The summed E-state index contributed by atoms with van der Waals surface area (Å²) < 4.78 is 8.01. The number of benzene rings is 2. The van der Waals surface area contributed by atoms with Crippen LogP contribution in [0.25, 0.3) is 16.8 Å². The Kier molecular flexibility index (Phi) is 5.45. The molecule has 1 aliphatic carbocycles. The largest absolute Gasteiger partial charge is 0.489 e. The Morgan fingerprint density at radius 3 is 2.78 bits per heavy atom. The fraction of sp³-hybridized carbons (Fsp3) is 0.231. The zero-order valence-electron chi connectivity index (χ0n) is 17.6. The lowest BCUT2D eigenvalue weighted by Gasteiger charge is -2.42. The first-order valence-electron chi connectivity index (χ1n) is 10.7. The van der Waals surface area contributed by atoms with Crippen molar-refractivity contribution in [2.45, 2.75) is 37.4 Å². The summed E-state index contributed by atoms with van der Waals surface area (Å²) in [7, 11) is 0. The van der Waals surface area contributed by atoms with Gasteiger partial charge in [0.05, 0.1) is 11.3 Å². The van der Waals surface area contributed by atoms with Crippen LogP contribution in [0, 0.1) is 0 Å². The molecule has 0 bridgehead atoms. The van der Waals surface area contributed by atoms with E-state index in [-0.39, 0.29) is 5.92 Å². The maximum Gasteiger partial charge on any atom is 0.155 e. The molecule has 0 aliphatic heterocycles. The van der Waals surface area contributed by atoms with Crippen molar-refractivity contribution in [3.05, 3.63) is 96.2 Å². The van der Waals surface area contributed by atoms with Crippen LogP contribution in [0.5, 0.6) is 5.75 Å². The Bertz CT molecular complexity index is 1260. The standard InChI is InChI=1S/C26H24ClN3O2/c1-2-11-26(31)15-20(16-26)25-29-22(23-24(27)28-12-13-30(23)25)19-9-6-10-21(14-19)32-17-18-7-4-3-5-8-18/h2-10,12-14,20,31H,1,11,15-17H2. The number of halogens is 1. The van der Waals surface area contributed by atoms with Crippen LogP contribution in [0.1, 0.15) is 36.6 Å². The minimum atomic E-state index is -0.694. The molecule has 5 rings (SSSR count). The molecule has 0 unspecified atom stereocenters. The lowest BCUT2D eigenvalue weighted by Crippen LogP contribution is -2.42. The van der Waals surface area contributed by atoms with Crippen LogP contribution in [0.3, 0.4) is 0 Å². The van der Waals surface area contributed by atoms with Crippen molar-refractivity contribution >= 4 is 17.1 Å². The van der Waals surface area contributed by atoms with Gasteiger partial charge in [-0.1, -0.05) is 60.1 Å². The van der Waals surface area contributed by atoms with Crippen LogP contribution < -0.4 is 4.74 Å². The topological polar surface area (TPSA) is 59.7 Å². The predicted molar refractivity (Wildman–Crippen MR) is 126 cm³/mol. The van der Waals surface area contributed by atoms with E-state index >= 15 is 0 Å². The molecular weight excluding hydrogens is 422 g/mol. The zero-order chi connectivity index (χ0) is 22.1. The van der Waals surface area contributed by atoms with Gasteiger partial charge in [-0.25, -0.2) is 9.97 Å². The van der Waals surface area contributed by atoms with Crippen molar-refractivity contribution in [2.75, 3.05) is 0 Å². The summed E-state index contributed by atoms with van der Waals surface area (Å²) in [5, 5.41) is 11.0. The molecule has 0 spiro atoms. The average Bonchev–Trinajstić information content (AvgIpc) is 3.18. The monoisotopic (exact) mass is 445 g/mol. The van der Waals surface area contributed by atoms with Gasteiger partial charge in [0.25, 0.3) is 0 Å². The molecule has 32 heavy (non-hydrogen) atoms. The van der Waals surface area contributed by atoms with Gasteiger partial charge in [0.2, 0.25) is 0 Å². The van der Waals surface area contributed by atoms with Crippen LogP contribution in [0.4, 0.5) is 0 Å². The number of nitrogens with zero attached hydrogens (tertiary/aromatic N) is 3. The molecule has 1 fully saturated rings. The van der Waals surface area contributed by atoms with Crippen molar-refractivity contribution in [2.24, 2.45) is 0 Å². The summed E-state index contributed by atoms with van der Waals surface area (Å²) in [5.41, 5.74) is 2.86. The summed E-state index contributed by atoms with van der Waals surface area (Å²) in [6.45, 7) is 4.25. The molecule has 1 aliphatic rings. The maximum absolute atomic E-state index is 10.6. The van der Waals surface area contributed by atoms with E-state index in [4.69, 9.17) is 21.3 Å². The highest BCUT2D eigenvalue weighted by Gasteiger charge is 2.44. The van der Waals surface area contributed by atoms with Gasteiger partial charge in [-0.2, -0.15) is 0 Å². The molecule has 0 saturated heterocycles. The Morgan fingerprint density at radius 2 is 2.00 bits per heavy atom. The van der Waals surface area contributed by atoms with Gasteiger partial charge in [-0.3, -0.25) is 4.40 Å². The number of imidazole rings is 1. The highest BCUT2D eigenvalue weighted by molar-refractivity contribution is 6.33. The maximum atomic E-state index is 10.6. The van der Waals surface area contributed by atoms with E-state index in [0.29, 0.717) is 31.0 Å². The van der Waals surface area contributed by atoms with Crippen molar-refractivity contribution in [3.8, 4) is 17.0 Å². The van der Waals surface area contributed by atoms with Gasteiger partial charge in [0, 0.05) is 23.9 Å². The summed E-state index contributed by atoms with van der Waals surface area (Å²) in [6, 6.07) is 17.9. The number of fused-ring (bicyclic) bond motifs is 1. The third-order valence-electron chi connectivity index (χ3n) is 6.04. The second kappa shape index (κ2) is 8.41. The van der Waals surface area contributed by atoms with Crippen LogP contribution in [0.2, 0.25) is 5.15 Å². The Hall–Kier alpha value is -3.15. The Balaban J connectivity index is 1.47. The number of rotatable bonds is 7. The molecule has 0 atom stereocenters. The van der Waals surface area contributed by atoms with Crippen LogP contribution in [0.15, 0.2) is 79.6 Å². The first-order chi connectivity index (χ1) is 15.6. The Labute approximate surface area is 192 Å². The van der Waals surface area contributed by atoms with Gasteiger partial charge in [-0.15, -0.1) is 6.58 Å². The average molecular weight is 446 g/mol. The smallest absolute Gasteiger partial charge is 0.155 e. The molecule has 162 valence electrons. The van der Waals surface area contributed by atoms with Crippen molar-refractivity contribution in [1.29, 1.82) is 0 Å². The lowest BCUT2D eigenvalue weighted by molar-refractivity contribution is -0.0479. The third-order valence-corrected chi connectivity index (χ3v) is 6.31. The molecule has 4 aromatic rings. The van der Waals surface area contributed by atoms with Crippen LogP contribution in [-0.2, 0) is 6.61 Å². The van der Waals surface area contributed by atoms with E-state index < -0.39 is 5.60 Å². The van der Waals surface area contributed by atoms with Crippen LogP contribution >= 0.6 is 11.6 Å². The molecule has 2 heterocycles. The van der Waals surface area contributed by atoms with E-state index in [1.54, 1.807) is 12.3 Å². The fourth-order valence-corrected chi connectivity index (χ4v) is 4.70. The molecule has 2 aromatic heterocycles. The van der Waals surface area contributed by atoms with Crippen LogP contribution in [-0.4, -0.2) is 25.1 Å². The van der Waals surface area contributed by atoms with E-state index in [2.05, 4.69) is 11.6 Å². The molecule has 1 saturated carbocycles. The van der Waals surface area contributed by atoms with E-state index in [0.717, 1.165) is 33.9 Å². The number of hydrogen-bond donors (Lipinski definition) is 1. The predicted octanol–water partition coefficient (Wildman–Crippen LogP) is 5.81. The summed E-state index contributed by atoms with van der Waals surface area (Å²) in [6.07, 6.45) is 7.22. The summed E-state index contributed by atoms with van der Waals surface area (Å²) in [5.74, 6) is 1.80. The highest BCUT2D eigenvalue weighted by Crippen LogP contribution is 2.47. The number of ether oxygens (including phenoxy) is 1. The number of aliphatic hydroxyl groups is 1. The quantitative estimate of drug-likeness (QED) is 0.364. The molecule has 5 nitrogen and oxygen atoms in total. The summed E-state index contributed by atoms with van der Waals surface area (Å²) >= 11 is 6.51. The SMILES string of the molecule is C=CCC1(O)CC(c2nc(-c3cccc(OCc4ccccc4)c3)c3c(Cl)nccn23)C1. The molecule has 2 aromatic carbocycles. The number of hydrogen-bond acceptors (Lipinski definition) is 4. The second-order valence-electron chi connectivity index (χ2n) is 8.38. The van der Waals surface area contributed by atoms with Crippen molar-refractivity contribution in [3.63, 3.8) is 0 Å². The van der Waals surface area contributed by atoms with Gasteiger partial charge >= 0.3 is 0 Å². The van der Waals surface area contributed by atoms with Crippen molar-refractivity contribution < 1.29 is 9.84 Å². The van der Waals surface area contributed by atoms with E-state index in [1.807, 2.05) is 65.2 Å². The van der Waals surface area contributed by atoms with Gasteiger partial charge in [0.1, 0.15) is 23.7 Å². The minimum absolute atomic E-state index is 0.150. The van der Waals surface area contributed by atoms with Crippen molar-refractivity contribution in [1.82, 2.24) is 14.4 Å². The first kappa shape index (κ1) is 20.7. The second-order valence-corrected chi connectivity index (χ2v) is 8.74. The van der Waals surface area contributed by atoms with Gasteiger partial charge in [0.15, 0.2) is 5.15 Å². The number of aromatic nitrogens is 3. The minimum Gasteiger partial charge on any atom is -0.489 e. The lowest BCUT2D eigenvalue weighted by atomic mass is 9.69. The molecule has 0 radical (unpaired) electrons.